The van der Waals surface area contributed by atoms with E-state index >= 15 is 0 Å². The van der Waals surface area contributed by atoms with E-state index in [2.05, 4.69) is 20.9 Å². The molecule has 2 aromatic rings. The molecule has 1 saturated heterocycles. The fourth-order valence-corrected chi connectivity index (χ4v) is 4.18. The molecule has 0 radical (unpaired) electrons. The molecule has 4 rings (SSSR count). The van der Waals surface area contributed by atoms with Crippen LogP contribution in [-0.4, -0.2) is 56.5 Å². The smallest absolute Gasteiger partial charge is 0.219 e. The van der Waals surface area contributed by atoms with Crippen molar-refractivity contribution in [2.45, 2.75) is 38.3 Å². The van der Waals surface area contributed by atoms with Crippen LogP contribution in [0.15, 0.2) is 30.6 Å². The highest BCUT2D eigenvalue weighted by Gasteiger charge is 2.34. The third-order valence-electron chi connectivity index (χ3n) is 5.56. The zero-order valence-corrected chi connectivity index (χ0v) is 14.5. The largest absolute Gasteiger partial charge is 0.508 e. The lowest BCUT2D eigenvalue weighted by atomic mass is 9.89. The zero-order valence-electron chi connectivity index (χ0n) is 14.5. The van der Waals surface area contributed by atoms with Crippen LogP contribution in [0.3, 0.4) is 0 Å². The SMILES string of the molecule is CC(=O)N1CCC(N2Cc3[nH]cnc3C(c3cccc(O)c3)C2)CC1. The second-order valence-corrected chi connectivity index (χ2v) is 7.08. The number of benzene rings is 1. The van der Waals surface area contributed by atoms with Crippen LogP contribution in [0.2, 0.25) is 0 Å². The summed E-state index contributed by atoms with van der Waals surface area (Å²) < 4.78 is 0. The molecular formula is C19H24N4O2. The minimum atomic E-state index is 0.160. The number of phenolic OH excluding ortho intramolecular Hbond substituents is 1. The molecule has 2 aliphatic rings. The topological polar surface area (TPSA) is 72.5 Å². The van der Waals surface area contributed by atoms with Gasteiger partial charge < -0.3 is 15.0 Å². The predicted molar refractivity (Wildman–Crippen MR) is 94.2 cm³/mol. The average Bonchev–Trinajstić information content (AvgIpc) is 3.09. The summed E-state index contributed by atoms with van der Waals surface area (Å²) in [6.07, 6.45) is 3.79. The quantitative estimate of drug-likeness (QED) is 0.878. The van der Waals surface area contributed by atoms with E-state index in [0.717, 1.165) is 56.0 Å². The number of aromatic hydroxyl groups is 1. The first-order valence-corrected chi connectivity index (χ1v) is 8.92. The first kappa shape index (κ1) is 16.1. The number of fused-ring (bicyclic) bond motifs is 1. The van der Waals surface area contributed by atoms with E-state index < -0.39 is 0 Å². The van der Waals surface area contributed by atoms with Crippen molar-refractivity contribution in [3.63, 3.8) is 0 Å². The Hall–Kier alpha value is -2.34. The second-order valence-electron chi connectivity index (χ2n) is 7.08. The highest BCUT2D eigenvalue weighted by atomic mass is 16.3. The molecule has 132 valence electrons. The number of likely N-dealkylation sites (tertiary alicyclic amines) is 1. The van der Waals surface area contributed by atoms with Crippen molar-refractivity contribution in [1.82, 2.24) is 19.8 Å². The van der Waals surface area contributed by atoms with Crippen LogP contribution < -0.4 is 0 Å². The van der Waals surface area contributed by atoms with E-state index in [9.17, 15) is 9.90 Å². The Balaban J connectivity index is 1.56. The van der Waals surface area contributed by atoms with E-state index in [-0.39, 0.29) is 11.8 Å². The highest BCUT2D eigenvalue weighted by Crippen LogP contribution is 2.35. The maximum absolute atomic E-state index is 11.6. The summed E-state index contributed by atoms with van der Waals surface area (Å²) in [5.41, 5.74) is 3.34. The molecule has 0 bridgehead atoms. The van der Waals surface area contributed by atoms with Gasteiger partial charge in [-0.2, -0.15) is 0 Å². The molecule has 2 N–H and O–H groups in total. The Kier molecular flexibility index (Phi) is 4.21. The summed E-state index contributed by atoms with van der Waals surface area (Å²) in [6, 6.07) is 7.97. The number of nitrogens with zero attached hydrogens (tertiary/aromatic N) is 3. The van der Waals surface area contributed by atoms with Gasteiger partial charge in [0.05, 0.1) is 17.7 Å². The Labute approximate surface area is 147 Å². The number of H-pyrrole nitrogens is 1. The molecule has 1 amide bonds. The normalized spacial score (nSPS) is 22.0. The summed E-state index contributed by atoms with van der Waals surface area (Å²) in [6.45, 7) is 5.09. The van der Waals surface area contributed by atoms with Gasteiger partial charge in [-0.05, 0) is 30.5 Å². The first-order chi connectivity index (χ1) is 12.1. The van der Waals surface area contributed by atoms with Crippen molar-refractivity contribution in [1.29, 1.82) is 0 Å². The number of amides is 1. The van der Waals surface area contributed by atoms with Gasteiger partial charge in [0.15, 0.2) is 0 Å². The number of carbonyl (C=O) groups is 1. The van der Waals surface area contributed by atoms with Crippen molar-refractivity contribution >= 4 is 5.91 Å². The molecule has 1 aromatic carbocycles. The fourth-order valence-electron chi connectivity index (χ4n) is 4.18. The number of imidazole rings is 1. The highest BCUT2D eigenvalue weighted by molar-refractivity contribution is 5.73. The van der Waals surface area contributed by atoms with Crippen LogP contribution in [0.25, 0.3) is 0 Å². The summed E-state index contributed by atoms with van der Waals surface area (Å²) in [5, 5.41) is 9.86. The molecule has 1 aromatic heterocycles. The standard InChI is InChI=1S/C19H24N4O2/c1-13(24)22-7-5-15(6-8-22)23-10-17(14-3-2-4-16(25)9-14)19-18(11-23)20-12-21-19/h2-4,9,12,15,17,25H,5-8,10-11H2,1H3,(H,20,21). The van der Waals surface area contributed by atoms with Gasteiger partial charge in [-0.25, -0.2) is 4.98 Å². The van der Waals surface area contributed by atoms with Crippen molar-refractivity contribution in [3.8, 4) is 5.75 Å². The summed E-state index contributed by atoms with van der Waals surface area (Å²) in [5.74, 6) is 0.625. The molecule has 1 unspecified atom stereocenters. The van der Waals surface area contributed by atoms with E-state index in [4.69, 9.17) is 0 Å². The maximum Gasteiger partial charge on any atom is 0.219 e. The summed E-state index contributed by atoms with van der Waals surface area (Å²) >= 11 is 0. The molecule has 6 nitrogen and oxygen atoms in total. The predicted octanol–water partition coefficient (Wildman–Crippen LogP) is 2.07. The molecule has 1 fully saturated rings. The third kappa shape index (κ3) is 3.14. The van der Waals surface area contributed by atoms with Gasteiger partial charge in [0.25, 0.3) is 0 Å². The molecule has 0 saturated carbocycles. The Bertz CT molecular complexity index is 764. The lowest BCUT2D eigenvalue weighted by Crippen LogP contribution is -2.48. The molecule has 1 atom stereocenters. The number of phenols is 1. The van der Waals surface area contributed by atoms with Crippen molar-refractivity contribution < 1.29 is 9.90 Å². The van der Waals surface area contributed by atoms with Crippen LogP contribution in [0, 0.1) is 0 Å². The average molecular weight is 340 g/mol. The number of hydrogen-bond acceptors (Lipinski definition) is 4. The van der Waals surface area contributed by atoms with Gasteiger partial charge in [0.1, 0.15) is 5.75 Å². The second kappa shape index (κ2) is 6.52. The minimum Gasteiger partial charge on any atom is -0.508 e. The lowest BCUT2D eigenvalue weighted by Gasteiger charge is -2.41. The maximum atomic E-state index is 11.6. The zero-order chi connectivity index (χ0) is 17.4. The van der Waals surface area contributed by atoms with Crippen LogP contribution in [0.1, 0.15) is 42.6 Å². The number of rotatable bonds is 2. The monoisotopic (exact) mass is 340 g/mol. The molecule has 25 heavy (non-hydrogen) atoms. The van der Waals surface area contributed by atoms with Crippen LogP contribution in [-0.2, 0) is 11.3 Å². The van der Waals surface area contributed by atoms with E-state index in [1.165, 1.54) is 0 Å². The Morgan fingerprint density at radius 1 is 1.32 bits per heavy atom. The van der Waals surface area contributed by atoms with Gasteiger partial charge >= 0.3 is 0 Å². The number of hydrogen-bond donors (Lipinski definition) is 2. The van der Waals surface area contributed by atoms with Gasteiger partial charge in [0.2, 0.25) is 5.91 Å². The molecule has 0 spiro atoms. The molecule has 6 heteroatoms. The van der Waals surface area contributed by atoms with Crippen molar-refractivity contribution in [2.24, 2.45) is 0 Å². The number of piperidine rings is 1. The minimum absolute atomic E-state index is 0.160. The van der Waals surface area contributed by atoms with Crippen LogP contribution >= 0.6 is 0 Å². The Morgan fingerprint density at radius 2 is 2.12 bits per heavy atom. The van der Waals surface area contributed by atoms with E-state index in [1.54, 1.807) is 19.3 Å². The Morgan fingerprint density at radius 3 is 2.84 bits per heavy atom. The molecule has 3 heterocycles. The lowest BCUT2D eigenvalue weighted by molar-refractivity contribution is -0.130. The van der Waals surface area contributed by atoms with Crippen molar-refractivity contribution in [3.05, 3.63) is 47.5 Å². The van der Waals surface area contributed by atoms with Crippen LogP contribution in [0.5, 0.6) is 5.75 Å². The van der Waals surface area contributed by atoms with Crippen molar-refractivity contribution in [2.75, 3.05) is 19.6 Å². The van der Waals surface area contributed by atoms with Crippen LogP contribution in [0.4, 0.5) is 0 Å². The first-order valence-electron chi connectivity index (χ1n) is 8.92. The molecule has 0 aliphatic carbocycles. The third-order valence-corrected chi connectivity index (χ3v) is 5.56. The number of aromatic nitrogens is 2. The fraction of sp³-hybridized carbons (Fsp3) is 0.474. The van der Waals surface area contributed by atoms with Gasteiger partial charge in [0, 0.05) is 45.1 Å². The molecular weight excluding hydrogens is 316 g/mol. The number of carbonyl (C=O) groups excluding carboxylic acids is 1. The van der Waals surface area contributed by atoms with E-state index in [0.29, 0.717) is 11.8 Å². The van der Waals surface area contributed by atoms with Gasteiger partial charge in [-0.1, -0.05) is 12.1 Å². The van der Waals surface area contributed by atoms with Gasteiger partial charge in [-0.3, -0.25) is 9.69 Å². The summed E-state index contributed by atoms with van der Waals surface area (Å²) in [4.78, 5) is 23.8. The summed E-state index contributed by atoms with van der Waals surface area (Å²) in [7, 11) is 0. The number of aromatic amines is 1. The van der Waals surface area contributed by atoms with E-state index in [1.807, 2.05) is 17.0 Å². The number of nitrogens with one attached hydrogen (secondary N) is 1. The molecule has 2 aliphatic heterocycles. The van der Waals surface area contributed by atoms with Gasteiger partial charge in [-0.15, -0.1) is 0 Å².